The van der Waals surface area contributed by atoms with Crippen LogP contribution in [0.4, 0.5) is 0 Å². The van der Waals surface area contributed by atoms with Crippen molar-refractivity contribution in [2.24, 2.45) is 5.41 Å². The van der Waals surface area contributed by atoms with Gasteiger partial charge in [0.05, 0.1) is 12.8 Å². The predicted molar refractivity (Wildman–Crippen MR) is 81.5 cm³/mol. The SMILES string of the molecule is COc1ccc2c(c1)C1=C(C(=O)NC(S)N1)C(C)(C)C2. The molecule has 5 heteroatoms. The number of hydrogen-bond acceptors (Lipinski definition) is 4. The van der Waals surface area contributed by atoms with E-state index in [0.29, 0.717) is 0 Å². The summed E-state index contributed by atoms with van der Waals surface area (Å²) in [5.74, 6) is 0.746. The Balaban J connectivity index is 2.23. The fourth-order valence-corrected chi connectivity index (χ4v) is 3.29. The maximum Gasteiger partial charge on any atom is 0.252 e. The normalized spacial score (nSPS) is 23.4. The molecule has 1 aromatic carbocycles. The second-order valence-electron chi connectivity index (χ2n) is 5.85. The molecule has 20 heavy (non-hydrogen) atoms. The number of ether oxygens (including phenoxy) is 1. The molecular weight excluding hydrogens is 272 g/mol. The Hall–Kier alpha value is -1.62. The Labute approximate surface area is 124 Å². The van der Waals surface area contributed by atoms with Crippen molar-refractivity contribution in [3.8, 4) is 5.75 Å². The fraction of sp³-hybridized carbons (Fsp3) is 0.400. The Kier molecular flexibility index (Phi) is 2.97. The van der Waals surface area contributed by atoms with Crippen LogP contribution in [0.3, 0.4) is 0 Å². The zero-order chi connectivity index (χ0) is 14.5. The van der Waals surface area contributed by atoms with Crippen LogP contribution in [0.5, 0.6) is 5.75 Å². The first-order chi connectivity index (χ1) is 9.42. The summed E-state index contributed by atoms with van der Waals surface area (Å²) in [6, 6.07) is 6.01. The van der Waals surface area contributed by atoms with Crippen molar-refractivity contribution in [2.45, 2.75) is 25.8 Å². The number of nitrogens with one attached hydrogen (secondary N) is 2. The van der Waals surface area contributed by atoms with Crippen LogP contribution in [0.1, 0.15) is 25.0 Å². The van der Waals surface area contributed by atoms with E-state index in [1.807, 2.05) is 12.1 Å². The summed E-state index contributed by atoms with van der Waals surface area (Å²) >= 11 is 4.33. The minimum atomic E-state index is -0.366. The van der Waals surface area contributed by atoms with Crippen LogP contribution >= 0.6 is 12.6 Å². The highest BCUT2D eigenvalue weighted by molar-refractivity contribution is 7.80. The first-order valence-corrected chi connectivity index (χ1v) is 7.11. The first kappa shape index (κ1) is 13.4. The van der Waals surface area contributed by atoms with Crippen molar-refractivity contribution in [1.29, 1.82) is 0 Å². The van der Waals surface area contributed by atoms with E-state index in [2.05, 4.69) is 43.2 Å². The second-order valence-corrected chi connectivity index (χ2v) is 6.37. The van der Waals surface area contributed by atoms with Gasteiger partial charge in [-0.15, -0.1) is 12.6 Å². The molecular formula is C15H18N2O2S. The van der Waals surface area contributed by atoms with Crippen LogP contribution in [0.25, 0.3) is 5.70 Å². The highest BCUT2D eigenvalue weighted by Crippen LogP contribution is 2.43. The number of thiol groups is 1. The van der Waals surface area contributed by atoms with Crippen molar-refractivity contribution in [2.75, 3.05) is 7.11 Å². The standard InChI is InChI=1S/C15H18N2O2S/c1-15(2)7-8-4-5-9(19-3)6-10(8)12-11(15)13(18)17-14(20)16-12/h4-6,14,16,20H,7H2,1-3H3,(H,17,18). The highest BCUT2D eigenvalue weighted by Gasteiger charge is 2.40. The number of methoxy groups -OCH3 is 1. The molecule has 1 aliphatic heterocycles. The number of fused-ring (bicyclic) bond motifs is 2. The number of rotatable bonds is 1. The quantitative estimate of drug-likeness (QED) is 0.693. The fourth-order valence-electron chi connectivity index (χ4n) is 3.05. The number of carbonyl (C=O) groups excluding carboxylic acids is 1. The van der Waals surface area contributed by atoms with E-state index in [1.54, 1.807) is 7.11 Å². The van der Waals surface area contributed by atoms with Crippen molar-refractivity contribution in [1.82, 2.24) is 10.6 Å². The van der Waals surface area contributed by atoms with Gasteiger partial charge in [-0.2, -0.15) is 0 Å². The summed E-state index contributed by atoms with van der Waals surface area (Å²) in [6.45, 7) is 4.19. The van der Waals surface area contributed by atoms with E-state index in [9.17, 15) is 4.79 Å². The summed E-state index contributed by atoms with van der Waals surface area (Å²) in [7, 11) is 1.65. The van der Waals surface area contributed by atoms with Gasteiger partial charge in [0, 0.05) is 16.6 Å². The molecule has 1 amide bonds. The van der Waals surface area contributed by atoms with Gasteiger partial charge >= 0.3 is 0 Å². The van der Waals surface area contributed by atoms with Crippen LogP contribution in [0, 0.1) is 5.41 Å². The molecule has 106 valence electrons. The van der Waals surface area contributed by atoms with E-state index in [0.717, 1.165) is 29.0 Å². The smallest absolute Gasteiger partial charge is 0.252 e. The molecule has 4 nitrogen and oxygen atoms in total. The molecule has 1 aromatic rings. The summed E-state index contributed by atoms with van der Waals surface area (Å²) in [5.41, 5.74) is 3.35. The zero-order valence-corrected chi connectivity index (χ0v) is 12.7. The van der Waals surface area contributed by atoms with Crippen LogP contribution < -0.4 is 15.4 Å². The minimum absolute atomic E-state index is 0.0442. The lowest BCUT2D eigenvalue weighted by molar-refractivity contribution is -0.119. The second kappa shape index (κ2) is 4.45. The monoisotopic (exact) mass is 290 g/mol. The molecule has 2 N–H and O–H groups in total. The van der Waals surface area contributed by atoms with Gasteiger partial charge in [-0.25, -0.2) is 0 Å². The highest BCUT2D eigenvalue weighted by atomic mass is 32.1. The van der Waals surface area contributed by atoms with Gasteiger partial charge in [0.1, 0.15) is 11.2 Å². The van der Waals surface area contributed by atoms with Crippen LogP contribution in [0.15, 0.2) is 23.8 Å². The zero-order valence-electron chi connectivity index (χ0n) is 11.8. The maximum absolute atomic E-state index is 12.3. The Morgan fingerprint density at radius 1 is 1.35 bits per heavy atom. The minimum Gasteiger partial charge on any atom is -0.497 e. The Morgan fingerprint density at radius 3 is 2.80 bits per heavy atom. The third kappa shape index (κ3) is 1.97. The lowest BCUT2D eigenvalue weighted by atomic mass is 9.71. The van der Waals surface area contributed by atoms with Gasteiger partial charge in [0.25, 0.3) is 5.91 Å². The largest absolute Gasteiger partial charge is 0.497 e. The molecule has 0 fully saturated rings. The Morgan fingerprint density at radius 2 is 2.10 bits per heavy atom. The number of benzene rings is 1. The molecule has 1 atom stereocenters. The van der Waals surface area contributed by atoms with Gasteiger partial charge in [-0.1, -0.05) is 19.9 Å². The third-order valence-corrected chi connectivity index (χ3v) is 4.18. The van der Waals surface area contributed by atoms with Crippen molar-refractivity contribution >= 4 is 24.2 Å². The molecule has 0 spiro atoms. The summed E-state index contributed by atoms with van der Waals surface area (Å²) in [5, 5.41) is 6.09. The maximum atomic E-state index is 12.3. The van der Waals surface area contributed by atoms with Gasteiger partial charge < -0.3 is 15.4 Å². The molecule has 1 aliphatic carbocycles. The number of carbonyl (C=O) groups is 1. The molecule has 1 unspecified atom stereocenters. The summed E-state index contributed by atoms with van der Waals surface area (Å²) in [6.07, 6.45) is 0.831. The average Bonchev–Trinajstić information content (AvgIpc) is 2.36. The first-order valence-electron chi connectivity index (χ1n) is 6.60. The molecule has 1 heterocycles. The van der Waals surface area contributed by atoms with Gasteiger partial charge in [0.15, 0.2) is 0 Å². The molecule has 0 saturated heterocycles. The van der Waals surface area contributed by atoms with Crippen molar-refractivity contribution < 1.29 is 9.53 Å². The number of amides is 1. The van der Waals surface area contributed by atoms with E-state index in [-0.39, 0.29) is 16.8 Å². The molecule has 3 rings (SSSR count). The van der Waals surface area contributed by atoms with E-state index >= 15 is 0 Å². The van der Waals surface area contributed by atoms with E-state index in [1.165, 1.54) is 5.56 Å². The molecule has 0 saturated carbocycles. The van der Waals surface area contributed by atoms with Gasteiger partial charge in [-0.05, 0) is 24.1 Å². The molecule has 2 aliphatic rings. The van der Waals surface area contributed by atoms with E-state index < -0.39 is 0 Å². The van der Waals surface area contributed by atoms with Gasteiger partial charge in [-0.3, -0.25) is 4.79 Å². The van der Waals surface area contributed by atoms with Crippen LogP contribution in [0.2, 0.25) is 0 Å². The topological polar surface area (TPSA) is 50.4 Å². The third-order valence-electron chi connectivity index (χ3n) is 3.92. The summed E-state index contributed by atoms with van der Waals surface area (Å²) in [4.78, 5) is 12.3. The van der Waals surface area contributed by atoms with E-state index in [4.69, 9.17) is 4.74 Å². The van der Waals surface area contributed by atoms with Crippen LogP contribution in [-0.4, -0.2) is 18.5 Å². The van der Waals surface area contributed by atoms with Crippen molar-refractivity contribution in [3.63, 3.8) is 0 Å². The lowest BCUT2D eigenvalue weighted by Gasteiger charge is -2.40. The Bertz CT molecular complexity index is 622. The van der Waals surface area contributed by atoms with Crippen molar-refractivity contribution in [3.05, 3.63) is 34.9 Å². The molecule has 0 aromatic heterocycles. The van der Waals surface area contributed by atoms with Gasteiger partial charge in [0.2, 0.25) is 0 Å². The molecule has 0 bridgehead atoms. The average molecular weight is 290 g/mol. The predicted octanol–water partition coefficient (Wildman–Crippen LogP) is 1.92. The lowest BCUT2D eigenvalue weighted by Crippen LogP contribution is -2.51. The summed E-state index contributed by atoms with van der Waals surface area (Å²) < 4.78 is 5.30. The molecule has 0 radical (unpaired) electrons. The van der Waals surface area contributed by atoms with Crippen LogP contribution in [-0.2, 0) is 11.2 Å². The number of hydrogen-bond donors (Lipinski definition) is 3.